The molecule has 8 heteroatoms. The van der Waals surface area contributed by atoms with Crippen molar-refractivity contribution in [3.8, 4) is 5.75 Å². The summed E-state index contributed by atoms with van der Waals surface area (Å²) in [5.41, 5.74) is 1.25. The molecule has 7 nitrogen and oxygen atoms in total. The van der Waals surface area contributed by atoms with Gasteiger partial charge in [-0.1, -0.05) is 28.9 Å². The predicted molar refractivity (Wildman–Crippen MR) is 111 cm³/mol. The molecule has 0 saturated heterocycles. The molecule has 0 saturated carbocycles. The van der Waals surface area contributed by atoms with Gasteiger partial charge in [0.2, 0.25) is 0 Å². The van der Waals surface area contributed by atoms with E-state index >= 15 is 0 Å². The van der Waals surface area contributed by atoms with Crippen LogP contribution in [0.2, 0.25) is 0 Å². The van der Waals surface area contributed by atoms with Gasteiger partial charge in [0.05, 0.1) is 0 Å². The molecular weight excluding hydrogens is 442 g/mol. The highest BCUT2D eigenvalue weighted by Gasteiger charge is 2.25. The molecule has 0 fully saturated rings. The lowest BCUT2D eigenvalue weighted by molar-refractivity contribution is -0.131. The summed E-state index contributed by atoms with van der Waals surface area (Å²) in [7, 11) is 0. The number of halogens is 1. The molecule has 3 N–H and O–H groups in total. The van der Waals surface area contributed by atoms with Gasteiger partial charge in [-0.2, -0.15) is 0 Å². The Morgan fingerprint density at radius 1 is 1.14 bits per heavy atom. The second kappa shape index (κ2) is 9.88. The number of Topliss-reactive ketones (excluding diaryl/α,β-unsaturated/α-hetero) is 1. The lowest BCUT2D eigenvalue weighted by atomic mass is 9.96. The number of aromatic hydroxyl groups is 1. The van der Waals surface area contributed by atoms with Gasteiger partial charge in [0.15, 0.2) is 5.78 Å². The number of ketones is 1. The SMILES string of the molecule is CC(=O)c1ccc(NC(=O)O[C@@H](c2cc(Br)ccc2O)[C@@H](C)/C=C/C(=O)O)cc1. The fourth-order valence-electron chi connectivity index (χ4n) is 2.59. The second-order valence-electron chi connectivity index (χ2n) is 6.34. The molecule has 0 aliphatic carbocycles. The molecule has 0 aromatic heterocycles. The number of ether oxygens (including phenoxy) is 1. The van der Waals surface area contributed by atoms with Gasteiger partial charge in [-0.05, 0) is 49.4 Å². The number of phenolic OH excluding ortho intramolecular Hbond substituents is 1. The molecule has 2 aromatic rings. The number of carbonyl (C=O) groups is 3. The average Bonchev–Trinajstić information content (AvgIpc) is 2.66. The molecule has 0 radical (unpaired) electrons. The number of aliphatic carboxylic acids is 1. The van der Waals surface area contributed by atoms with Crippen molar-refractivity contribution in [2.75, 3.05) is 5.32 Å². The minimum Gasteiger partial charge on any atom is -0.508 e. The Morgan fingerprint density at radius 3 is 2.38 bits per heavy atom. The van der Waals surface area contributed by atoms with Crippen LogP contribution in [0.25, 0.3) is 0 Å². The van der Waals surface area contributed by atoms with E-state index in [0.29, 0.717) is 21.3 Å². The summed E-state index contributed by atoms with van der Waals surface area (Å²) in [6, 6.07) is 11.0. The molecule has 2 aromatic carbocycles. The number of hydrogen-bond acceptors (Lipinski definition) is 5. The minimum atomic E-state index is -1.14. The third kappa shape index (κ3) is 6.46. The summed E-state index contributed by atoms with van der Waals surface area (Å²) in [5, 5.41) is 21.6. The van der Waals surface area contributed by atoms with Crippen LogP contribution in [0.3, 0.4) is 0 Å². The summed E-state index contributed by atoms with van der Waals surface area (Å²) < 4.78 is 6.17. The van der Waals surface area contributed by atoms with E-state index in [1.807, 2.05) is 0 Å². The largest absolute Gasteiger partial charge is 0.508 e. The van der Waals surface area contributed by atoms with Crippen LogP contribution in [-0.2, 0) is 9.53 Å². The number of carboxylic acid groups (broad SMARTS) is 1. The molecule has 1 amide bonds. The van der Waals surface area contributed by atoms with Crippen molar-refractivity contribution in [1.29, 1.82) is 0 Å². The Balaban J connectivity index is 2.24. The molecule has 0 aliphatic heterocycles. The molecule has 0 spiro atoms. The van der Waals surface area contributed by atoms with E-state index in [1.54, 1.807) is 43.3 Å². The third-order valence-corrected chi connectivity index (χ3v) is 4.58. The highest BCUT2D eigenvalue weighted by Crippen LogP contribution is 2.35. The van der Waals surface area contributed by atoms with Crippen LogP contribution in [0.4, 0.5) is 10.5 Å². The van der Waals surface area contributed by atoms with Crippen LogP contribution < -0.4 is 5.32 Å². The van der Waals surface area contributed by atoms with Crippen LogP contribution >= 0.6 is 15.9 Å². The number of anilines is 1. The highest BCUT2D eigenvalue weighted by atomic mass is 79.9. The van der Waals surface area contributed by atoms with E-state index in [0.717, 1.165) is 6.08 Å². The number of hydrogen-bond donors (Lipinski definition) is 3. The van der Waals surface area contributed by atoms with E-state index in [2.05, 4.69) is 21.2 Å². The van der Waals surface area contributed by atoms with Gasteiger partial charge in [0.25, 0.3) is 0 Å². The maximum atomic E-state index is 12.4. The van der Waals surface area contributed by atoms with Crippen molar-refractivity contribution >= 4 is 39.5 Å². The van der Waals surface area contributed by atoms with E-state index < -0.39 is 24.1 Å². The number of nitrogens with one attached hydrogen (secondary N) is 1. The van der Waals surface area contributed by atoms with Gasteiger partial charge >= 0.3 is 12.1 Å². The summed E-state index contributed by atoms with van der Waals surface area (Å²) >= 11 is 3.31. The Labute approximate surface area is 176 Å². The van der Waals surface area contributed by atoms with E-state index in [1.165, 1.54) is 19.1 Å². The van der Waals surface area contributed by atoms with Crippen LogP contribution in [0.15, 0.2) is 59.1 Å². The Morgan fingerprint density at radius 2 is 1.79 bits per heavy atom. The monoisotopic (exact) mass is 461 g/mol. The zero-order valence-corrected chi connectivity index (χ0v) is 17.3. The van der Waals surface area contributed by atoms with E-state index in [4.69, 9.17) is 9.84 Å². The number of benzene rings is 2. The van der Waals surface area contributed by atoms with Gasteiger partial charge < -0.3 is 14.9 Å². The first kappa shape index (κ1) is 22.2. The normalized spacial score (nSPS) is 12.9. The Bertz CT molecular complexity index is 939. The predicted octanol–water partition coefficient (Wildman–Crippen LogP) is 4.92. The molecule has 152 valence electrons. The molecule has 0 bridgehead atoms. The first-order valence-corrected chi connectivity index (χ1v) is 9.45. The topological polar surface area (TPSA) is 113 Å². The summed E-state index contributed by atoms with van der Waals surface area (Å²) in [4.78, 5) is 34.6. The lowest BCUT2D eigenvalue weighted by Gasteiger charge is -2.23. The molecule has 0 heterocycles. The van der Waals surface area contributed by atoms with Crippen molar-refractivity contribution in [1.82, 2.24) is 0 Å². The Kier molecular flexibility index (Phi) is 7.55. The minimum absolute atomic E-state index is 0.0904. The molecule has 2 atom stereocenters. The highest BCUT2D eigenvalue weighted by molar-refractivity contribution is 9.10. The first-order chi connectivity index (χ1) is 13.7. The first-order valence-electron chi connectivity index (χ1n) is 8.65. The summed E-state index contributed by atoms with van der Waals surface area (Å²) in [6.45, 7) is 3.11. The van der Waals surface area contributed by atoms with Gasteiger partial charge in [-0.15, -0.1) is 0 Å². The number of carbonyl (C=O) groups excluding carboxylic acids is 2. The number of carboxylic acids is 1. The summed E-state index contributed by atoms with van der Waals surface area (Å²) in [6.07, 6.45) is 0.594. The van der Waals surface area contributed by atoms with Gasteiger partial charge in [0, 0.05) is 33.3 Å². The fraction of sp³-hybridized carbons (Fsp3) is 0.190. The van der Waals surface area contributed by atoms with Gasteiger partial charge in [-0.25, -0.2) is 9.59 Å². The fourth-order valence-corrected chi connectivity index (χ4v) is 2.97. The second-order valence-corrected chi connectivity index (χ2v) is 7.26. The van der Waals surface area contributed by atoms with Crippen LogP contribution in [-0.4, -0.2) is 28.1 Å². The molecular formula is C21H20BrNO6. The lowest BCUT2D eigenvalue weighted by Crippen LogP contribution is -2.21. The quantitative estimate of drug-likeness (QED) is 0.398. The number of phenols is 1. The smallest absolute Gasteiger partial charge is 0.412 e. The maximum absolute atomic E-state index is 12.4. The zero-order valence-electron chi connectivity index (χ0n) is 15.8. The van der Waals surface area contributed by atoms with Crippen LogP contribution in [0, 0.1) is 5.92 Å². The maximum Gasteiger partial charge on any atom is 0.412 e. The Hall–Kier alpha value is -3.13. The molecule has 2 rings (SSSR count). The third-order valence-electron chi connectivity index (χ3n) is 4.09. The average molecular weight is 462 g/mol. The van der Waals surface area contributed by atoms with Crippen LogP contribution in [0.1, 0.15) is 35.9 Å². The number of amides is 1. The molecule has 0 unspecified atom stereocenters. The molecule has 29 heavy (non-hydrogen) atoms. The van der Waals surface area contributed by atoms with Crippen molar-refractivity contribution in [3.05, 3.63) is 70.2 Å². The van der Waals surface area contributed by atoms with Gasteiger partial charge in [0.1, 0.15) is 11.9 Å². The summed E-state index contributed by atoms with van der Waals surface area (Å²) in [5.74, 6) is -1.86. The van der Waals surface area contributed by atoms with Crippen molar-refractivity contribution < 1.29 is 29.3 Å². The molecule has 0 aliphatic rings. The standard InChI is InChI=1S/C21H20BrNO6/c1-12(3-10-19(26)27)20(17-11-15(22)6-9-18(17)25)29-21(28)23-16-7-4-14(5-8-16)13(2)24/h3-12,20,25H,1-2H3,(H,23,28)(H,26,27)/b10-3+/t12-,20+/m0/s1. The van der Waals surface area contributed by atoms with E-state index in [-0.39, 0.29) is 11.5 Å². The van der Waals surface area contributed by atoms with Crippen LogP contribution in [0.5, 0.6) is 5.75 Å². The van der Waals surface area contributed by atoms with Gasteiger partial charge in [-0.3, -0.25) is 10.1 Å². The zero-order chi connectivity index (χ0) is 21.6. The van der Waals surface area contributed by atoms with Crippen molar-refractivity contribution in [2.24, 2.45) is 5.92 Å². The van der Waals surface area contributed by atoms with Crippen molar-refractivity contribution in [3.63, 3.8) is 0 Å². The van der Waals surface area contributed by atoms with E-state index in [9.17, 15) is 19.5 Å². The number of rotatable bonds is 7. The van der Waals surface area contributed by atoms with Crippen molar-refractivity contribution in [2.45, 2.75) is 20.0 Å².